The molecule has 0 saturated heterocycles. The van der Waals surface area contributed by atoms with E-state index >= 15 is 0 Å². The first-order chi connectivity index (χ1) is 21.0. The monoisotopic (exact) mass is 644 g/mol. The normalized spacial score (nSPS) is 17.6. The molecule has 5 atom stereocenters. The van der Waals surface area contributed by atoms with Crippen LogP contribution in [0.5, 0.6) is 0 Å². The summed E-state index contributed by atoms with van der Waals surface area (Å²) < 4.78 is 0. The van der Waals surface area contributed by atoms with Crippen molar-refractivity contribution in [3.63, 3.8) is 0 Å². The molecule has 1 aliphatic carbocycles. The van der Waals surface area contributed by atoms with E-state index in [0.29, 0.717) is 24.4 Å². The minimum atomic E-state index is -1.15. The van der Waals surface area contributed by atoms with Crippen LogP contribution in [0.25, 0.3) is 0 Å². The van der Waals surface area contributed by atoms with E-state index in [-0.39, 0.29) is 48.7 Å². The van der Waals surface area contributed by atoms with Gasteiger partial charge >= 0.3 is 5.97 Å². The highest BCUT2D eigenvalue weighted by Crippen LogP contribution is 2.47. The maximum absolute atomic E-state index is 13.4. The van der Waals surface area contributed by atoms with Crippen LogP contribution in [0, 0.1) is 11.8 Å². The van der Waals surface area contributed by atoms with E-state index in [9.17, 15) is 29.1 Å². The number of hydrogen-bond acceptors (Lipinski definition) is 6. The molecule has 0 radical (unpaired) electrons. The largest absolute Gasteiger partial charge is 0.481 e. The molecule has 0 bridgehead atoms. The number of rotatable bonds is 17. The van der Waals surface area contributed by atoms with Gasteiger partial charge in [-0.2, -0.15) is 12.6 Å². The summed E-state index contributed by atoms with van der Waals surface area (Å²) in [5.74, 6) is -3.39. The fraction of sp³-hybridized carbons (Fsp3) is 0.469. The molecule has 5 N–H and O–H groups in total. The van der Waals surface area contributed by atoms with Crippen molar-refractivity contribution in [3.05, 3.63) is 70.7 Å². The Morgan fingerprint density at radius 1 is 0.886 bits per heavy atom. The van der Waals surface area contributed by atoms with Crippen LogP contribution in [0.4, 0.5) is 0 Å². The molecule has 0 heterocycles. The smallest absolute Gasteiger partial charge is 0.303 e. The molecule has 10 nitrogen and oxygen atoms in total. The van der Waals surface area contributed by atoms with Crippen molar-refractivity contribution in [2.45, 2.75) is 70.0 Å². The molecule has 44 heavy (non-hydrogen) atoms. The van der Waals surface area contributed by atoms with Crippen molar-refractivity contribution < 1.29 is 29.1 Å². The first-order valence-electron chi connectivity index (χ1n) is 14.8. The Morgan fingerprint density at radius 2 is 1.52 bits per heavy atom. The number of halogens is 1. The minimum Gasteiger partial charge on any atom is -0.481 e. The lowest BCUT2D eigenvalue weighted by Gasteiger charge is -2.26. The van der Waals surface area contributed by atoms with Gasteiger partial charge in [-0.15, -0.1) is 0 Å². The van der Waals surface area contributed by atoms with Gasteiger partial charge < -0.3 is 26.4 Å². The molecular formula is C32H41ClN4O6S. The number of amides is 4. The number of aliphatic carboxylic acids is 1. The predicted octanol–water partition coefficient (Wildman–Crippen LogP) is 3.10. The highest BCUT2D eigenvalue weighted by atomic mass is 35.5. The summed E-state index contributed by atoms with van der Waals surface area (Å²) in [6.45, 7) is 4.06. The second kappa shape index (κ2) is 17.1. The molecule has 238 valence electrons. The molecule has 0 spiro atoms. The van der Waals surface area contributed by atoms with Crippen molar-refractivity contribution in [1.29, 1.82) is 0 Å². The number of carboxylic acids is 1. The summed E-state index contributed by atoms with van der Waals surface area (Å²) in [5, 5.41) is 20.7. The van der Waals surface area contributed by atoms with Crippen LogP contribution in [-0.2, 0) is 30.4 Å². The summed E-state index contributed by atoms with van der Waals surface area (Å²) in [4.78, 5) is 63.8. The van der Waals surface area contributed by atoms with Crippen LogP contribution < -0.4 is 21.3 Å². The van der Waals surface area contributed by atoms with Gasteiger partial charge in [0.25, 0.3) is 0 Å². The van der Waals surface area contributed by atoms with Crippen molar-refractivity contribution >= 4 is 53.8 Å². The Bertz CT molecular complexity index is 1310. The fourth-order valence-electron chi connectivity index (χ4n) is 4.96. The fourth-order valence-corrected chi connectivity index (χ4v) is 5.44. The van der Waals surface area contributed by atoms with Gasteiger partial charge in [0, 0.05) is 29.7 Å². The maximum atomic E-state index is 13.4. The van der Waals surface area contributed by atoms with E-state index in [2.05, 4.69) is 33.9 Å². The molecule has 0 aliphatic heterocycles. The summed E-state index contributed by atoms with van der Waals surface area (Å²) in [7, 11) is 0. The Labute approximate surface area is 268 Å². The quantitative estimate of drug-likeness (QED) is 0.146. The van der Waals surface area contributed by atoms with E-state index in [1.807, 2.05) is 62.4 Å². The van der Waals surface area contributed by atoms with Crippen LogP contribution in [0.2, 0.25) is 5.02 Å². The van der Waals surface area contributed by atoms with Crippen LogP contribution in [0.1, 0.15) is 56.6 Å². The van der Waals surface area contributed by atoms with Crippen LogP contribution in [-0.4, -0.2) is 65.1 Å². The maximum Gasteiger partial charge on any atom is 0.303 e. The third kappa shape index (κ3) is 10.9. The van der Waals surface area contributed by atoms with Crippen LogP contribution in [0.15, 0.2) is 54.6 Å². The summed E-state index contributed by atoms with van der Waals surface area (Å²) in [6, 6.07) is 13.7. The predicted molar refractivity (Wildman–Crippen MR) is 171 cm³/mol. The summed E-state index contributed by atoms with van der Waals surface area (Å²) in [6.07, 6.45) is 0.901. The minimum absolute atomic E-state index is 0.00453. The lowest BCUT2D eigenvalue weighted by atomic mass is 10.0. The van der Waals surface area contributed by atoms with E-state index in [0.717, 1.165) is 11.1 Å². The number of carboxylic acid groups (broad SMARTS) is 1. The Hall–Kier alpha value is -3.57. The molecule has 4 amide bonds. The number of carbonyl (C=O) groups excluding carboxylic acids is 4. The highest BCUT2D eigenvalue weighted by Gasteiger charge is 2.45. The number of nitrogens with one attached hydrogen (secondary N) is 4. The molecule has 1 fully saturated rings. The highest BCUT2D eigenvalue weighted by molar-refractivity contribution is 7.80. The topological polar surface area (TPSA) is 154 Å². The molecule has 1 aliphatic rings. The lowest BCUT2D eigenvalue weighted by Crippen LogP contribution is -2.57. The molecular weight excluding hydrogens is 604 g/mol. The zero-order valence-electron chi connectivity index (χ0n) is 24.9. The number of carbonyl (C=O) groups is 5. The Morgan fingerprint density at radius 3 is 2.16 bits per heavy atom. The molecule has 0 aromatic heterocycles. The van der Waals surface area contributed by atoms with Crippen LogP contribution >= 0.6 is 24.2 Å². The van der Waals surface area contributed by atoms with E-state index in [1.54, 1.807) is 6.07 Å². The first kappa shape index (κ1) is 34.9. The number of thiol groups is 1. The molecule has 2 aromatic rings. The molecule has 1 unspecified atom stereocenters. The standard InChI is InChI=1S/C32H41ClN4O6S/c1-19(2)16-26(32(43)37-27(18-44)30(41)34-15-14-21-10-6-7-11-24(21)33)36-31(42)25(12-13-28(38)39)35-29(40)23-17-22(23)20-8-4-3-5-9-20/h3-11,19,22-23,25-27,44H,12-18H2,1-2H3,(H,34,41)(H,35,40)(H,36,42)(H,37,43)(H,38,39)/t22-,23?,25-,26-,27-/m0/s1. The van der Waals surface area contributed by atoms with Gasteiger partial charge in [-0.25, -0.2) is 0 Å². The van der Waals surface area contributed by atoms with E-state index < -0.39 is 41.8 Å². The molecule has 3 rings (SSSR count). The van der Waals surface area contributed by atoms with E-state index in [4.69, 9.17) is 11.6 Å². The first-order valence-corrected chi connectivity index (χ1v) is 15.8. The Balaban J connectivity index is 1.61. The SMILES string of the molecule is CC(C)C[C@H](NC(=O)[C@H](CCC(=O)O)NC(=O)C1C[C@H]1c1ccccc1)C(=O)N[C@@H](CS)C(=O)NCCc1ccccc1Cl. The zero-order valence-corrected chi connectivity index (χ0v) is 26.6. The molecule has 12 heteroatoms. The number of hydrogen-bond donors (Lipinski definition) is 6. The van der Waals surface area contributed by atoms with Crippen molar-refractivity contribution in [3.8, 4) is 0 Å². The van der Waals surface area contributed by atoms with Crippen molar-refractivity contribution in [2.75, 3.05) is 12.3 Å². The van der Waals surface area contributed by atoms with Gasteiger partial charge in [0.15, 0.2) is 0 Å². The second-order valence-corrected chi connectivity index (χ2v) is 12.2. The third-order valence-electron chi connectivity index (χ3n) is 7.44. The number of benzene rings is 2. The van der Waals surface area contributed by atoms with Crippen molar-refractivity contribution in [2.24, 2.45) is 11.8 Å². The van der Waals surface area contributed by atoms with Crippen molar-refractivity contribution in [1.82, 2.24) is 21.3 Å². The summed E-state index contributed by atoms with van der Waals surface area (Å²) >= 11 is 10.4. The second-order valence-electron chi connectivity index (χ2n) is 11.4. The third-order valence-corrected chi connectivity index (χ3v) is 8.18. The van der Waals surface area contributed by atoms with Crippen LogP contribution in [0.3, 0.4) is 0 Å². The van der Waals surface area contributed by atoms with Gasteiger partial charge in [-0.1, -0.05) is 74.0 Å². The average molecular weight is 645 g/mol. The van der Waals surface area contributed by atoms with Gasteiger partial charge in [0.1, 0.15) is 18.1 Å². The van der Waals surface area contributed by atoms with Gasteiger partial charge in [0.05, 0.1) is 0 Å². The Kier molecular flexibility index (Phi) is 13.5. The zero-order chi connectivity index (χ0) is 32.2. The molecule has 2 aromatic carbocycles. The van der Waals surface area contributed by atoms with Gasteiger partial charge in [-0.3, -0.25) is 24.0 Å². The van der Waals surface area contributed by atoms with E-state index in [1.165, 1.54) is 0 Å². The average Bonchev–Trinajstić information content (AvgIpc) is 3.80. The van der Waals surface area contributed by atoms with Gasteiger partial charge in [-0.05, 0) is 54.7 Å². The summed E-state index contributed by atoms with van der Waals surface area (Å²) in [5.41, 5.74) is 1.90. The van der Waals surface area contributed by atoms with Gasteiger partial charge in [0.2, 0.25) is 23.6 Å². The lowest BCUT2D eigenvalue weighted by molar-refractivity contribution is -0.138. The molecule has 1 saturated carbocycles.